The van der Waals surface area contributed by atoms with Crippen molar-refractivity contribution >= 4 is 83.0 Å². The number of amides is 8. The molecule has 8 amide bonds. The Labute approximate surface area is 457 Å². The number of hydrogen-bond donors (Lipinski definition) is 26. The van der Waals surface area contributed by atoms with Crippen LogP contribution in [0.4, 0.5) is 0 Å². The van der Waals surface area contributed by atoms with Gasteiger partial charge >= 0.3 is 5.97 Å². The third-order valence-corrected chi connectivity index (χ3v) is 11.4. The van der Waals surface area contributed by atoms with Gasteiger partial charge in [-0.05, 0) is 103 Å². The highest BCUT2D eigenvalue weighted by Gasteiger charge is 2.34. The molecule has 0 saturated heterocycles. The molecule has 0 spiro atoms. The van der Waals surface area contributed by atoms with Gasteiger partial charge in [-0.25, -0.2) is 4.79 Å². The molecule has 0 rings (SSSR count). The van der Waals surface area contributed by atoms with E-state index in [0.717, 1.165) is 0 Å². The summed E-state index contributed by atoms with van der Waals surface area (Å²) in [4.78, 5) is 121. The van der Waals surface area contributed by atoms with Gasteiger partial charge < -0.3 is 115 Å². The van der Waals surface area contributed by atoms with Gasteiger partial charge in [0.05, 0.1) is 6.04 Å². The van der Waals surface area contributed by atoms with E-state index in [2.05, 4.69) is 63.8 Å². The van der Waals surface area contributed by atoms with Crippen molar-refractivity contribution in [3.05, 3.63) is 0 Å². The number of carboxylic acid groups (broad SMARTS) is 1. The number of hydrogen-bond acceptors (Lipinski definition) is 16. The zero-order valence-electron chi connectivity index (χ0n) is 44.7. The maximum atomic E-state index is 14.4. The van der Waals surface area contributed by atoms with E-state index in [4.69, 9.17) is 72.9 Å². The van der Waals surface area contributed by atoms with Gasteiger partial charge in [-0.15, -0.1) is 0 Å². The van der Waals surface area contributed by atoms with E-state index in [1.807, 2.05) is 0 Å². The second kappa shape index (κ2) is 39.8. The molecule has 0 aliphatic heterocycles. The summed E-state index contributed by atoms with van der Waals surface area (Å²) >= 11 is 0. The molecule has 448 valence electrons. The fourth-order valence-corrected chi connectivity index (χ4v) is 7.23. The molecule has 0 aromatic rings. The van der Waals surface area contributed by atoms with Crippen LogP contribution in [-0.2, 0) is 43.2 Å². The maximum absolute atomic E-state index is 14.4. The van der Waals surface area contributed by atoms with Crippen molar-refractivity contribution in [3.8, 4) is 0 Å². The lowest BCUT2D eigenvalue weighted by Crippen LogP contribution is -2.60. The topological polar surface area (TPSA) is 646 Å². The van der Waals surface area contributed by atoms with E-state index in [9.17, 15) is 48.3 Å². The van der Waals surface area contributed by atoms with Crippen LogP contribution in [0.1, 0.15) is 103 Å². The van der Waals surface area contributed by atoms with Gasteiger partial charge in [0.2, 0.25) is 47.3 Å². The van der Waals surface area contributed by atoms with E-state index < -0.39 is 126 Å². The molecular weight excluding hydrogens is 1040 g/mol. The van der Waals surface area contributed by atoms with Gasteiger partial charge in [0.25, 0.3) is 0 Å². The molecule has 0 aliphatic rings. The molecule has 0 bridgehead atoms. The van der Waals surface area contributed by atoms with Crippen molar-refractivity contribution < 1.29 is 48.3 Å². The molecule has 79 heavy (non-hydrogen) atoms. The maximum Gasteiger partial charge on any atom is 0.326 e. The quantitative estimate of drug-likeness (QED) is 0.0153. The van der Waals surface area contributed by atoms with Crippen LogP contribution in [0, 0.1) is 27.0 Å². The lowest BCUT2D eigenvalue weighted by atomic mass is 10.0. The molecule has 0 aliphatic carbocycles. The Balaban J connectivity index is 7.11. The van der Waals surface area contributed by atoms with Gasteiger partial charge in [0.1, 0.15) is 42.3 Å². The first-order chi connectivity index (χ1) is 37.2. The zero-order chi connectivity index (χ0) is 60.0. The summed E-state index contributed by atoms with van der Waals surface area (Å²) in [5.41, 5.74) is 43.9. The van der Waals surface area contributed by atoms with Gasteiger partial charge in [-0.2, -0.15) is 0 Å². The largest absolute Gasteiger partial charge is 0.480 e. The summed E-state index contributed by atoms with van der Waals surface area (Å²) in [6.45, 7) is 2.00. The highest BCUT2D eigenvalue weighted by Crippen LogP contribution is 2.10. The van der Waals surface area contributed by atoms with E-state index in [-0.39, 0.29) is 134 Å². The molecule has 35 nitrogen and oxygen atoms in total. The van der Waals surface area contributed by atoms with Gasteiger partial charge in [-0.1, -0.05) is 0 Å². The van der Waals surface area contributed by atoms with E-state index in [0.29, 0.717) is 6.42 Å². The number of nitrogens with one attached hydrogen (secondary N) is 17. The van der Waals surface area contributed by atoms with Crippen LogP contribution in [0.5, 0.6) is 0 Å². The van der Waals surface area contributed by atoms with Crippen LogP contribution in [-0.4, -0.2) is 176 Å². The molecule has 0 heterocycles. The van der Waals surface area contributed by atoms with Crippen LogP contribution in [0.25, 0.3) is 0 Å². The van der Waals surface area contributed by atoms with E-state index in [1.165, 1.54) is 6.92 Å². The first kappa shape index (κ1) is 70.5. The summed E-state index contributed by atoms with van der Waals surface area (Å²) in [5, 5.41) is 77.8. The molecule has 0 radical (unpaired) electrons. The molecule has 35 heteroatoms. The molecule has 0 aromatic heterocycles. The molecule has 34 N–H and O–H groups in total. The van der Waals surface area contributed by atoms with Crippen LogP contribution in [0.3, 0.4) is 0 Å². The van der Waals surface area contributed by atoms with Crippen LogP contribution in [0.2, 0.25) is 0 Å². The molecular formula is C44H87N25O10. The monoisotopic (exact) mass is 1130 g/mol. The van der Waals surface area contributed by atoms with Gasteiger partial charge in [0, 0.05) is 39.1 Å². The second-order valence-electron chi connectivity index (χ2n) is 18.3. The normalized spacial score (nSPS) is 13.7. The third kappa shape index (κ3) is 34.0. The minimum atomic E-state index is -1.58. The summed E-state index contributed by atoms with van der Waals surface area (Å²) in [5.74, 6) is -10.3. The van der Waals surface area contributed by atoms with Crippen molar-refractivity contribution in [2.24, 2.45) is 45.9 Å². The van der Waals surface area contributed by atoms with Crippen molar-refractivity contribution in [3.63, 3.8) is 0 Å². The molecule has 0 aromatic carbocycles. The third-order valence-electron chi connectivity index (χ3n) is 11.4. The lowest BCUT2D eigenvalue weighted by molar-refractivity contribution is -0.142. The number of carbonyl (C=O) groups is 9. The van der Waals surface area contributed by atoms with Crippen LogP contribution >= 0.6 is 0 Å². The van der Waals surface area contributed by atoms with Gasteiger partial charge in [-0.3, -0.25) is 65.4 Å². The number of rotatable bonds is 42. The average molecular weight is 1130 g/mol. The number of nitrogens with two attached hydrogens (primary N) is 8. The number of primary amides is 1. The van der Waals surface area contributed by atoms with E-state index in [1.54, 1.807) is 0 Å². The lowest BCUT2D eigenvalue weighted by Gasteiger charge is -2.28. The average Bonchev–Trinajstić information content (AvgIpc) is 3.35. The Bertz CT molecular complexity index is 2060. The van der Waals surface area contributed by atoms with E-state index >= 15 is 0 Å². The number of carbonyl (C=O) groups excluding carboxylic acids is 8. The predicted octanol–water partition coefficient (Wildman–Crippen LogP) is -8.48. The van der Waals surface area contributed by atoms with Crippen molar-refractivity contribution in [2.45, 2.75) is 152 Å². The Kier molecular flexibility index (Phi) is 35.5. The number of aliphatic carboxylic acids is 1. The highest BCUT2D eigenvalue weighted by atomic mass is 16.4. The van der Waals surface area contributed by atoms with Crippen LogP contribution < -0.4 is 110 Å². The SMILES string of the molecule is C[C@H](N)C(=O)N[C@@H](CCCNC(=N)N)C(=O)N[C@@H](CCCNC(=N)N)C(=O)N[C@@H](CCCCN)C(=O)N[C@@H](CCCNC(=N)N)C(=O)N[C@@H](CCCNC(=N)N)C(=O)N[C@@H](CCC(N)=O)C(=O)N[C@@H](CCCNC(=N)N)C(=O)O. The van der Waals surface area contributed by atoms with Crippen molar-refractivity contribution in [1.29, 1.82) is 27.0 Å². The van der Waals surface area contributed by atoms with Crippen molar-refractivity contribution in [2.75, 3.05) is 39.3 Å². The summed E-state index contributed by atoms with van der Waals surface area (Å²) in [6.07, 6.45) is -0.104. The fraction of sp³-hybridized carbons (Fsp3) is 0.682. The number of unbranched alkanes of at least 4 members (excludes halogenated alkanes) is 1. The second-order valence-corrected chi connectivity index (χ2v) is 18.3. The number of guanidine groups is 5. The first-order valence-electron chi connectivity index (χ1n) is 25.7. The predicted molar refractivity (Wildman–Crippen MR) is 292 cm³/mol. The number of carboxylic acids is 1. The zero-order valence-corrected chi connectivity index (χ0v) is 44.7. The Morgan fingerprint density at radius 1 is 0.367 bits per heavy atom. The van der Waals surface area contributed by atoms with Crippen LogP contribution in [0.15, 0.2) is 0 Å². The Morgan fingerprint density at radius 3 is 0.823 bits per heavy atom. The summed E-state index contributed by atoms with van der Waals surface area (Å²) < 4.78 is 0. The molecule has 0 saturated carbocycles. The van der Waals surface area contributed by atoms with Crippen molar-refractivity contribution in [1.82, 2.24) is 63.8 Å². The summed E-state index contributed by atoms with van der Waals surface area (Å²) in [7, 11) is 0. The van der Waals surface area contributed by atoms with Gasteiger partial charge in [0.15, 0.2) is 29.8 Å². The standard InChI is InChI=1S/C44H87N25O10/c1-23(46)32(71)63-25(10-4-18-58-40(48)49)34(73)66-26(11-5-19-59-41(50)51)35(74)64-24(9-2-3-17-45)33(72)65-27(12-6-20-60-42(52)53)36(75)67-28(13-7-21-61-43(54)55)37(76)68-29(15-16-31(47)70)38(77)69-30(39(78)79)14-8-22-62-44(56)57/h23-30H,2-22,45-46H2,1H3,(H2,47,70)(H,63,71)(H,64,74)(H,65,72)(H,66,73)(H,67,75)(H,68,76)(H,69,77)(H,78,79)(H4,48,49,58)(H4,50,51,59)(H4,52,53,60)(H4,54,55,61)(H4,56,57,62)/t23-,24-,25-,26-,27-,28-,29-,30-/m0/s1. The summed E-state index contributed by atoms with van der Waals surface area (Å²) in [6, 6.07) is -11.1. The molecule has 0 unspecified atom stereocenters. The smallest absolute Gasteiger partial charge is 0.326 e. The first-order valence-corrected chi connectivity index (χ1v) is 25.7. The minimum absolute atomic E-state index is 0.0135. The Morgan fingerprint density at radius 2 is 0.595 bits per heavy atom. The minimum Gasteiger partial charge on any atom is -0.480 e. The molecule has 0 fully saturated rings. The molecule has 8 atom stereocenters. The highest BCUT2D eigenvalue weighted by molar-refractivity contribution is 5.98. The fourth-order valence-electron chi connectivity index (χ4n) is 7.23. The Hall–Kier alpha value is -8.50.